The minimum Gasteiger partial charge on any atom is -0.538 e. The summed E-state index contributed by atoms with van der Waals surface area (Å²) in [5.41, 5.74) is 2.83. The lowest BCUT2D eigenvalue weighted by Gasteiger charge is -2.15. The molecule has 42 heavy (non-hydrogen) atoms. The molecule has 2 heterocycles. The Labute approximate surface area is 239 Å². The molecule has 12 heteroatoms. The molecule has 0 radical (unpaired) electrons. The molecule has 0 aliphatic rings. The van der Waals surface area contributed by atoms with Gasteiger partial charge in [-0.05, 0) is 72.3 Å². The summed E-state index contributed by atoms with van der Waals surface area (Å²) in [6.45, 7) is 1.88. The summed E-state index contributed by atoms with van der Waals surface area (Å²) >= 11 is 0. The molecular weight excluding hydrogens is 558 g/mol. The van der Waals surface area contributed by atoms with Crippen LogP contribution in [0.3, 0.4) is 0 Å². The lowest BCUT2D eigenvalue weighted by Crippen LogP contribution is -2.40. The molecule has 6 rings (SSSR count). The smallest absolute Gasteiger partial charge is 0.373 e. The second kappa shape index (κ2) is 10.5. The van der Waals surface area contributed by atoms with Crippen LogP contribution in [-0.2, 0) is 10.0 Å². The van der Waals surface area contributed by atoms with Gasteiger partial charge in [0.25, 0.3) is 5.56 Å². The third-order valence-corrected chi connectivity index (χ3v) is 7.96. The number of hydrogen-bond acceptors (Lipinski definition) is 8. The Kier molecular flexibility index (Phi) is 6.67. The standard InChI is InChI=1S/C30H23N5O6S/c1-19-7-13-23(14-8-19)35-29(30(37)41-33-35)42(38,39)32-21-11-15-22(16-12-21)34-27(20-9-17-24(40-2)18-10-20)31-26-6-4-3-5-25(26)28(34)36/h3-18,32H,1-2H3. The van der Waals surface area contributed by atoms with Crippen molar-refractivity contribution >= 4 is 26.6 Å². The van der Waals surface area contributed by atoms with Crippen LogP contribution in [0.25, 0.3) is 33.7 Å². The number of nitrogens with zero attached hydrogens (tertiary/aromatic N) is 4. The molecule has 210 valence electrons. The van der Waals surface area contributed by atoms with E-state index in [1.165, 1.54) is 16.7 Å². The number of aromatic nitrogens is 4. The predicted octanol–water partition coefficient (Wildman–Crippen LogP) is 3.51. The quantitative estimate of drug-likeness (QED) is 0.282. The Hall–Kier alpha value is -5.49. The van der Waals surface area contributed by atoms with Gasteiger partial charge in [-0.15, -0.1) is 0 Å². The maximum atomic E-state index is 13.7. The van der Waals surface area contributed by atoms with E-state index in [0.717, 1.165) is 10.2 Å². The number of para-hydroxylation sites is 1. The first-order valence-electron chi connectivity index (χ1n) is 12.7. The van der Waals surface area contributed by atoms with Crippen LogP contribution < -0.4 is 24.8 Å². The van der Waals surface area contributed by atoms with Crippen LogP contribution in [0.5, 0.6) is 11.7 Å². The number of hydrogen-bond donors (Lipinski definition) is 1. The molecule has 1 N–H and O–H groups in total. The average Bonchev–Trinajstić information content (AvgIpc) is 3.40. The molecule has 0 fully saturated rings. The maximum Gasteiger partial charge on any atom is 0.373 e. The fourth-order valence-corrected chi connectivity index (χ4v) is 5.67. The number of ether oxygens (including phenoxy) is 1. The first-order chi connectivity index (χ1) is 20.2. The molecule has 0 aliphatic heterocycles. The van der Waals surface area contributed by atoms with E-state index >= 15 is 0 Å². The number of rotatable bonds is 7. The van der Waals surface area contributed by atoms with Crippen LogP contribution in [-0.4, -0.2) is 30.4 Å². The van der Waals surface area contributed by atoms with Crippen molar-refractivity contribution < 1.29 is 27.5 Å². The summed E-state index contributed by atoms with van der Waals surface area (Å²) in [6, 6.07) is 27.1. The van der Waals surface area contributed by atoms with Gasteiger partial charge in [-0.1, -0.05) is 29.8 Å². The van der Waals surface area contributed by atoms with Gasteiger partial charge in [0.05, 0.1) is 29.0 Å². The number of nitrogens with one attached hydrogen (secondary N) is 1. The highest BCUT2D eigenvalue weighted by Gasteiger charge is 2.33. The summed E-state index contributed by atoms with van der Waals surface area (Å²) < 4.78 is 41.3. The molecule has 0 spiro atoms. The molecule has 0 saturated heterocycles. The van der Waals surface area contributed by atoms with Gasteiger partial charge in [0.2, 0.25) is 5.69 Å². The lowest BCUT2D eigenvalue weighted by atomic mass is 10.1. The summed E-state index contributed by atoms with van der Waals surface area (Å²) in [6.07, 6.45) is 0. The van der Waals surface area contributed by atoms with Crippen LogP contribution >= 0.6 is 0 Å². The van der Waals surface area contributed by atoms with Gasteiger partial charge in [0, 0.05) is 23.4 Å². The zero-order chi connectivity index (χ0) is 29.4. The van der Waals surface area contributed by atoms with E-state index in [0.29, 0.717) is 39.4 Å². The van der Waals surface area contributed by atoms with Crippen molar-refractivity contribution in [3.8, 4) is 34.5 Å². The molecule has 4 aromatic carbocycles. The van der Waals surface area contributed by atoms with E-state index in [-0.39, 0.29) is 11.2 Å². The molecular formula is C30H23N5O6S. The summed E-state index contributed by atoms with van der Waals surface area (Å²) in [4.78, 5) is 18.4. The van der Waals surface area contributed by atoms with Crippen LogP contribution in [0.2, 0.25) is 0 Å². The topological polar surface area (TPSA) is 143 Å². The van der Waals surface area contributed by atoms with Crippen molar-refractivity contribution in [1.29, 1.82) is 0 Å². The van der Waals surface area contributed by atoms with Gasteiger partial charge in [-0.3, -0.25) is 14.1 Å². The first kappa shape index (κ1) is 26.7. The van der Waals surface area contributed by atoms with Gasteiger partial charge in [0.15, 0.2) is 5.95 Å². The highest BCUT2D eigenvalue weighted by molar-refractivity contribution is 7.92. The molecule has 0 unspecified atom stereocenters. The van der Waals surface area contributed by atoms with Gasteiger partial charge in [-0.2, -0.15) is 8.42 Å². The van der Waals surface area contributed by atoms with Crippen molar-refractivity contribution in [1.82, 2.24) is 14.8 Å². The normalized spacial score (nSPS) is 11.5. The molecule has 2 aromatic heterocycles. The lowest BCUT2D eigenvalue weighted by molar-refractivity contribution is -0.706. The average molecular weight is 582 g/mol. The Bertz CT molecular complexity index is 2090. The zero-order valence-electron chi connectivity index (χ0n) is 22.4. The molecule has 0 bridgehead atoms. The van der Waals surface area contributed by atoms with Crippen molar-refractivity contribution in [3.05, 3.63) is 113 Å². The maximum absolute atomic E-state index is 13.7. The zero-order valence-corrected chi connectivity index (χ0v) is 23.2. The van der Waals surface area contributed by atoms with Gasteiger partial charge in [0.1, 0.15) is 11.6 Å². The number of benzene rings is 4. The summed E-state index contributed by atoms with van der Waals surface area (Å²) in [7, 11) is -2.84. The third-order valence-electron chi connectivity index (χ3n) is 6.61. The summed E-state index contributed by atoms with van der Waals surface area (Å²) in [5.74, 6) is -0.0604. The van der Waals surface area contributed by atoms with E-state index in [4.69, 9.17) is 9.72 Å². The number of sulfonamides is 1. The highest BCUT2D eigenvalue weighted by Crippen LogP contribution is 2.26. The number of methoxy groups -OCH3 is 1. The fourth-order valence-electron chi connectivity index (χ4n) is 4.50. The molecule has 0 atom stereocenters. The Balaban J connectivity index is 1.39. The van der Waals surface area contributed by atoms with Crippen LogP contribution in [0, 0.1) is 6.92 Å². The second-order valence-electron chi connectivity index (χ2n) is 9.39. The summed E-state index contributed by atoms with van der Waals surface area (Å²) in [5, 5.41) is 15.8. The van der Waals surface area contributed by atoms with Gasteiger partial charge >= 0.3 is 15.0 Å². The molecule has 11 nitrogen and oxygen atoms in total. The van der Waals surface area contributed by atoms with Crippen LogP contribution in [0.15, 0.2) is 111 Å². The minimum absolute atomic E-state index is 0.155. The number of aryl methyl sites for hydroxylation is 1. The predicted molar refractivity (Wildman–Crippen MR) is 152 cm³/mol. The van der Waals surface area contributed by atoms with Gasteiger partial charge in [-0.25, -0.2) is 4.98 Å². The van der Waals surface area contributed by atoms with E-state index in [2.05, 4.69) is 14.5 Å². The molecule has 0 amide bonds. The van der Waals surface area contributed by atoms with E-state index < -0.39 is 21.0 Å². The number of fused-ring (bicyclic) bond motifs is 1. The largest absolute Gasteiger partial charge is 0.538 e. The van der Waals surface area contributed by atoms with E-state index in [1.807, 2.05) is 13.0 Å². The van der Waals surface area contributed by atoms with E-state index in [1.54, 1.807) is 86.0 Å². The number of anilines is 1. The fraction of sp³-hybridized carbons (Fsp3) is 0.0667. The van der Waals surface area contributed by atoms with Gasteiger partial charge < -0.3 is 14.4 Å². The monoisotopic (exact) mass is 581 g/mol. The Morgan fingerprint density at radius 2 is 1.62 bits per heavy atom. The van der Waals surface area contributed by atoms with Crippen LogP contribution in [0.4, 0.5) is 5.69 Å². The Morgan fingerprint density at radius 3 is 2.31 bits per heavy atom. The first-order valence-corrected chi connectivity index (χ1v) is 14.2. The van der Waals surface area contributed by atoms with E-state index in [9.17, 15) is 18.3 Å². The van der Waals surface area contributed by atoms with Crippen molar-refractivity contribution in [2.75, 3.05) is 11.8 Å². The molecule has 6 aromatic rings. The van der Waals surface area contributed by atoms with Crippen molar-refractivity contribution in [3.63, 3.8) is 0 Å². The van der Waals surface area contributed by atoms with Crippen molar-refractivity contribution in [2.24, 2.45) is 0 Å². The Morgan fingerprint density at radius 1 is 0.929 bits per heavy atom. The third kappa shape index (κ3) is 4.84. The van der Waals surface area contributed by atoms with Crippen LogP contribution in [0.1, 0.15) is 5.56 Å². The molecule has 0 aliphatic carbocycles. The minimum atomic E-state index is -4.41. The highest BCUT2D eigenvalue weighted by atomic mass is 32.2. The molecule has 0 saturated carbocycles. The SMILES string of the molecule is COc1ccc(-c2nc3ccccc3c(=O)n2-c2ccc(NS(=O)(=O)c3c([O-])on[n+]3-c3ccc(C)cc3)cc2)cc1. The second-order valence-corrected chi connectivity index (χ2v) is 11.0. The van der Waals surface area contributed by atoms with Crippen molar-refractivity contribution in [2.45, 2.75) is 11.9 Å².